The smallest absolute Gasteiger partial charge is 0.371 e. The zero-order chi connectivity index (χ0) is 21.8. The fourth-order valence-corrected chi connectivity index (χ4v) is 3.93. The van der Waals surface area contributed by atoms with Gasteiger partial charge in [-0.05, 0) is 0 Å². The summed E-state index contributed by atoms with van der Waals surface area (Å²) < 4.78 is 5.22. The van der Waals surface area contributed by atoms with Gasteiger partial charge in [-0.2, -0.15) is 0 Å². The van der Waals surface area contributed by atoms with E-state index in [4.69, 9.17) is 10.2 Å². The van der Waals surface area contributed by atoms with Gasteiger partial charge in [0.05, 0.1) is 0 Å². The average molecular weight is 468 g/mol. The first kappa shape index (κ1) is 30.4. The van der Waals surface area contributed by atoms with Crippen molar-refractivity contribution in [2.75, 3.05) is 54.4 Å². The van der Waals surface area contributed by atoms with Gasteiger partial charge in [0.25, 0.3) is 0 Å². The Balaban J connectivity index is -0.000000327. The fourth-order valence-electron chi connectivity index (χ4n) is 1.56. The number of amidine groups is 2. The Hall–Kier alpha value is -1.32. The summed E-state index contributed by atoms with van der Waals surface area (Å²) in [5.74, 6) is -2.11. The number of aliphatic carboxylic acids is 2. The molecule has 0 aromatic heterocycles. The van der Waals surface area contributed by atoms with Crippen molar-refractivity contribution in [3.05, 3.63) is 0 Å². The summed E-state index contributed by atoms with van der Waals surface area (Å²) in [6.07, 6.45) is 0. The number of nitrogens with one attached hydrogen (secondary N) is 2. The van der Waals surface area contributed by atoms with Gasteiger partial charge in [-0.3, -0.25) is 9.98 Å². The maximum atomic E-state index is 9.97. The zero-order valence-electron chi connectivity index (χ0n) is 17.8. The van der Waals surface area contributed by atoms with Gasteiger partial charge >= 0.3 is 95.3 Å². The van der Waals surface area contributed by atoms with Gasteiger partial charge in [0.2, 0.25) is 11.7 Å². The molecule has 0 bridgehead atoms. The van der Waals surface area contributed by atoms with Crippen molar-refractivity contribution in [1.82, 2.24) is 16.3 Å². The van der Waals surface area contributed by atoms with Crippen LogP contribution in [0.1, 0.15) is 27.7 Å². The monoisotopic (exact) mass is 466 g/mol. The second kappa shape index (κ2) is 21.0. The molecule has 0 saturated carbocycles. The minimum Gasteiger partial charge on any atom is -0.475 e. The van der Waals surface area contributed by atoms with Crippen LogP contribution in [0, 0.1) is 0 Å². The molecule has 0 aliphatic rings. The van der Waals surface area contributed by atoms with Gasteiger partial charge in [0.1, 0.15) is 0 Å². The zero-order valence-corrected chi connectivity index (χ0v) is 20.3. The molecule has 0 amide bonds. The minimum absolute atomic E-state index is 0.0231. The number of carboxylic acid groups (broad SMARTS) is 2. The fraction of sp³-hybridized carbons (Fsp3) is 0.750. The van der Waals surface area contributed by atoms with Crippen molar-refractivity contribution in [3.8, 4) is 0 Å². The number of aliphatic imine (C=N–C) groups is 2. The molecule has 0 unspecified atom stereocenters. The van der Waals surface area contributed by atoms with E-state index in [0.717, 1.165) is 0 Å². The number of hydrogen-bond acceptors (Lipinski definition) is 6. The standard InChI is InChI=1S/2C4H8N2O2.2C4H10N.Zr/c2*1-5-3(6-2)4(7)8;2*1-3-5-4-2;/h2*1-2H3,(H,5,6)(H,7,8);2*3-4H2,1-2H3;/q;;2*-1;+2. The summed E-state index contributed by atoms with van der Waals surface area (Å²) in [7, 11) is 5.85. The van der Waals surface area contributed by atoms with E-state index in [1.165, 1.54) is 54.4 Å². The molecular formula is C16H36N6O4Zr. The third-order valence-corrected chi connectivity index (χ3v) is 7.64. The molecule has 0 heterocycles. The van der Waals surface area contributed by atoms with Crippen molar-refractivity contribution in [1.29, 1.82) is 0 Å². The molecule has 0 rings (SSSR count). The van der Waals surface area contributed by atoms with E-state index in [-0.39, 0.29) is 35.5 Å². The topological polar surface area (TPSA) is 130 Å². The number of carboxylic acids is 2. The van der Waals surface area contributed by atoms with Gasteiger partial charge < -0.3 is 20.8 Å². The second-order valence-electron chi connectivity index (χ2n) is 4.70. The molecule has 0 aromatic carbocycles. The van der Waals surface area contributed by atoms with Crippen LogP contribution in [0.3, 0.4) is 0 Å². The molecule has 0 spiro atoms. The summed E-state index contributed by atoms with van der Waals surface area (Å²) in [4.78, 5) is 26.8. The molecule has 0 radical (unpaired) electrons. The van der Waals surface area contributed by atoms with Crippen LogP contribution < -0.4 is 10.6 Å². The normalized spacial score (nSPS) is 11.0. The maximum absolute atomic E-state index is 9.97. The van der Waals surface area contributed by atoms with E-state index in [1.807, 2.05) is 0 Å². The average Bonchev–Trinajstić information content (AvgIpc) is 2.65. The number of nitrogens with zero attached hydrogens (tertiary/aromatic N) is 4. The van der Waals surface area contributed by atoms with Gasteiger partial charge in [-0.15, -0.1) is 0 Å². The van der Waals surface area contributed by atoms with Crippen molar-refractivity contribution < 1.29 is 43.6 Å². The van der Waals surface area contributed by atoms with Crippen molar-refractivity contribution >= 4 is 23.6 Å². The molecule has 11 heteroatoms. The quantitative estimate of drug-likeness (QED) is 0.322. The van der Waals surface area contributed by atoms with Crippen molar-refractivity contribution in [2.45, 2.75) is 27.7 Å². The Bertz CT molecular complexity index is 412. The second-order valence-corrected chi connectivity index (χ2v) is 8.30. The Kier molecular flexibility index (Phi) is 23.6. The van der Waals surface area contributed by atoms with Crippen LogP contribution in [0.2, 0.25) is 0 Å². The largest absolute Gasteiger partial charge is 0.475 e. The summed E-state index contributed by atoms with van der Waals surface area (Å²) in [5.41, 5.74) is 0. The number of rotatable bonds is 6. The van der Waals surface area contributed by atoms with Crippen LogP contribution in [0.4, 0.5) is 0 Å². The molecule has 4 N–H and O–H groups in total. The van der Waals surface area contributed by atoms with E-state index >= 15 is 0 Å². The third kappa shape index (κ3) is 17.8. The Morgan fingerprint density at radius 2 is 1.04 bits per heavy atom. The Labute approximate surface area is 175 Å². The molecule has 10 nitrogen and oxygen atoms in total. The van der Waals surface area contributed by atoms with Crippen molar-refractivity contribution in [2.24, 2.45) is 9.98 Å². The minimum atomic E-state index is -1.03. The van der Waals surface area contributed by atoms with Crippen LogP contribution in [-0.2, 0) is 33.4 Å². The van der Waals surface area contributed by atoms with Crippen LogP contribution in [-0.4, -0.2) is 93.9 Å². The van der Waals surface area contributed by atoms with Crippen LogP contribution >= 0.6 is 0 Å². The predicted octanol–water partition coefficient (Wildman–Crippen LogP) is 0.220. The first-order chi connectivity index (χ1) is 12.7. The molecule has 0 aliphatic carbocycles. The van der Waals surface area contributed by atoms with E-state index in [2.05, 4.69) is 54.0 Å². The van der Waals surface area contributed by atoms with E-state index < -0.39 is 11.9 Å². The number of hydrogen-bond donors (Lipinski definition) is 4. The van der Waals surface area contributed by atoms with Crippen LogP contribution in [0.5, 0.6) is 0 Å². The van der Waals surface area contributed by atoms with Crippen LogP contribution in [0.25, 0.3) is 0 Å². The number of likely N-dealkylation sites (N-methyl/N-ethyl adjacent to an activating group) is 2. The summed E-state index contributed by atoms with van der Waals surface area (Å²) in [6.45, 7) is 14.0. The molecule has 0 fully saturated rings. The van der Waals surface area contributed by atoms with Gasteiger partial charge in [-0.1, -0.05) is 0 Å². The molecular weight excluding hydrogens is 431 g/mol. The van der Waals surface area contributed by atoms with Gasteiger partial charge in [-0.25, -0.2) is 9.59 Å². The molecule has 158 valence electrons. The summed E-state index contributed by atoms with van der Waals surface area (Å²) >= 11 is -0.367. The summed E-state index contributed by atoms with van der Waals surface area (Å²) in [5, 5.41) is 21.2. The molecule has 27 heavy (non-hydrogen) atoms. The molecule has 0 aliphatic heterocycles. The van der Waals surface area contributed by atoms with Crippen LogP contribution in [0.15, 0.2) is 9.98 Å². The molecule has 0 aromatic rings. The van der Waals surface area contributed by atoms with E-state index in [0.29, 0.717) is 0 Å². The van der Waals surface area contributed by atoms with Crippen molar-refractivity contribution in [3.63, 3.8) is 0 Å². The summed E-state index contributed by atoms with van der Waals surface area (Å²) in [6, 6.07) is 0. The Morgan fingerprint density at radius 3 is 1.11 bits per heavy atom. The van der Waals surface area contributed by atoms with E-state index in [9.17, 15) is 9.59 Å². The molecule has 0 saturated heterocycles. The van der Waals surface area contributed by atoms with Gasteiger partial charge in [0.15, 0.2) is 0 Å². The number of carbonyl (C=O) groups is 2. The Morgan fingerprint density at radius 1 is 0.778 bits per heavy atom. The van der Waals surface area contributed by atoms with E-state index in [1.54, 1.807) is 0 Å². The first-order valence-corrected chi connectivity index (χ1v) is 10.9. The third-order valence-electron chi connectivity index (χ3n) is 3.14. The molecule has 0 atom stereocenters. The first-order valence-electron chi connectivity index (χ1n) is 8.74. The predicted molar refractivity (Wildman–Crippen MR) is 106 cm³/mol. The van der Waals surface area contributed by atoms with Gasteiger partial charge in [0, 0.05) is 28.2 Å². The SMILES string of the molecule is CC[N](CC)[Zr][N](CC)CC.CN=C(NC)C(=O)O.CN=C(NC)C(=O)O. The maximum Gasteiger partial charge on any atom is 0.371 e.